The number of hydrogen-bond acceptors (Lipinski definition) is 5. The molecule has 32 heavy (non-hydrogen) atoms. The van der Waals surface area contributed by atoms with Crippen LogP contribution in [0.2, 0.25) is 5.02 Å². The Kier molecular flexibility index (Phi) is 6.23. The monoisotopic (exact) mass is 452 g/mol. The van der Waals surface area contributed by atoms with Crippen molar-refractivity contribution in [2.45, 2.75) is 19.3 Å². The Labute approximate surface area is 188 Å². The molecule has 1 amide bonds. The number of likely N-dealkylation sites (tertiary alicyclic amines) is 1. The standard InChI is InChI=1S/C23H21ClN4O4/c24-16-6-10-18(11-7-16)28-22(31)19(20(29)26-23(28)32)14-25-17-8-4-15(5-9-17)21(30)27-12-2-1-3-13-27/h4-11,14,31H,1-3,12-13H2,(H,26,29,32). The first-order valence-electron chi connectivity index (χ1n) is 10.2. The van der Waals surface area contributed by atoms with Crippen LogP contribution in [0, 0.1) is 0 Å². The minimum Gasteiger partial charge on any atom is -0.493 e. The van der Waals surface area contributed by atoms with Crippen molar-refractivity contribution in [3.8, 4) is 11.6 Å². The number of benzene rings is 2. The third-order valence-corrected chi connectivity index (χ3v) is 5.56. The summed E-state index contributed by atoms with van der Waals surface area (Å²) in [6.45, 7) is 1.54. The number of aromatic nitrogens is 2. The third-order valence-electron chi connectivity index (χ3n) is 5.31. The second kappa shape index (κ2) is 9.23. The number of hydrogen-bond donors (Lipinski definition) is 2. The van der Waals surface area contributed by atoms with Gasteiger partial charge in [0.25, 0.3) is 11.5 Å². The number of carbonyl (C=O) groups excluding carboxylic acids is 1. The molecule has 9 heteroatoms. The van der Waals surface area contributed by atoms with E-state index in [1.807, 2.05) is 4.90 Å². The zero-order valence-electron chi connectivity index (χ0n) is 17.1. The average molecular weight is 453 g/mol. The quantitative estimate of drug-likeness (QED) is 0.592. The van der Waals surface area contributed by atoms with Gasteiger partial charge in [-0.1, -0.05) is 11.6 Å². The smallest absolute Gasteiger partial charge is 0.335 e. The number of halogens is 1. The number of piperidine rings is 1. The van der Waals surface area contributed by atoms with E-state index in [-0.39, 0.29) is 11.5 Å². The lowest BCUT2D eigenvalue weighted by atomic mass is 10.1. The van der Waals surface area contributed by atoms with Gasteiger partial charge in [-0.3, -0.25) is 19.6 Å². The number of rotatable bonds is 4. The summed E-state index contributed by atoms with van der Waals surface area (Å²) in [6, 6.07) is 12.9. The number of nitrogens with one attached hydrogen (secondary N) is 1. The molecule has 1 aliphatic rings. The van der Waals surface area contributed by atoms with E-state index >= 15 is 0 Å². The van der Waals surface area contributed by atoms with Crippen LogP contribution >= 0.6 is 11.6 Å². The van der Waals surface area contributed by atoms with Crippen LogP contribution in [0.5, 0.6) is 5.88 Å². The van der Waals surface area contributed by atoms with E-state index in [1.54, 1.807) is 48.5 Å². The van der Waals surface area contributed by atoms with Crippen molar-refractivity contribution >= 4 is 29.4 Å². The number of aromatic amines is 1. The summed E-state index contributed by atoms with van der Waals surface area (Å²) in [4.78, 5) is 45.3. The maximum atomic E-state index is 12.6. The van der Waals surface area contributed by atoms with Crippen molar-refractivity contribution in [2.75, 3.05) is 13.1 Å². The number of aromatic hydroxyl groups is 1. The number of amides is 1. The van der Waals surface area contributed by atoms with Gasteiger partial charge in [0.1, 0.15) is 5.56 Å². The van der Waals surface area contributed by atoms with Crippen LogP contribution < -0.4 is 11.2 Å². The fraction of sp³-hybridized carbons (Fsp3) is 0.217. The molecule has 1 fully saturated rings. The summed E-state index contributed by atoms with van der Waals surface area (Å²) in [6.07, 6.45) is 4.37. The molecular weight excluding hydrogens is 432 g/mol. The highest BCUT2D eigenvalue weighted by molar-refractivity contribution is 6.30. The first-order chi connectivity index (χ1) is 15.4. The lowest BCUT2D eigenvalue weighted by Crippen LogP contribution is -2.35. The van der Waals surface area contributed by atoms with E-state index in [2.05, 4.69) is 9.98 Å². The zero-order chi connectivity index (χ0) is 22.7. The number of carbonyl (C=O) groups is 1. The molecule has 3 aromatic rings. The summed E-state index contributed by atoms with van der Waals surface area (Å²) in [5.74, 6) is -0.550. The SMILES string of the molecule is O=C(c1ccc(N=Cc2c(O)n(-c3ccc(Cl)cc3)c(=O)[nH]c2=O)cc1)N1CCCCC1. The first-order valence-corrected chi connectivity index (χ1v) is 10.6. The van der Waals surface area contributed by atoms with Crippen molar-refractivity contribution in [1.82, 2.24) is 14.5 Å². The van der Waals surface area contributed by atoms with Crippen LogP contribution in [0.25, 0.3) is 5.69 Å². The highest BCUT2D eigenvalue weighted by Crippen LogP contribution is 2.20. The van der Waals surface area contributed by atoms with E-state index in [0.29, 0.717) is 22.0 Å². The molecular formula is C23H21ClN4O4. The maximum Gasteiger partial charge on any atom is 0.335 e. The highest BCUT2D eigenvalue weighted by Gasteiger charge is 2.18. The predicted molar refractivity (Wildman–Crippen MR) is 123 cm³/mol. The average Bonchev–Trinajstić information content (AvgIpc) is 2.80. The molecule has 0 saturated carbocycles. The van der Waals surface area contributed by atoms with Crippen molar-refractivity contribution < 1.29 is 9.90 Å². The lowest BCUT2D eigenvalue weighted by Gasteiger charge is -2.26. The molecule has 8 nitrogen and oxygen atoms in total. The van der Waals surface area contributed by atoms with Crippen LogP contribution in [-0.4, -0.2) is 44.8 Å². The number of nitrogens with zero attached hydrogens (tertiary/aromatic N) is 3. The molecule has 0 unspecified atom stereocenters. The summed E-state index contributed by atoms with van der Waals surface area (Å²) in [5.41, 5.74) is -0.326. The predicted octanol–water partition coefficient (Wildman–Crippen LogP) is 3.26. The van der Waals surface area contributed by atoms with Crippen molar-refractivity contribution in [3.63, 3.8) is 0 Å². The molecule has 2 aromatic carbocycles. The Morgan fingerprint density at radius 1 is 1.00 bits per heavy atom. The van der Waals surface area contributed by atoms with E-state index in [1.165, 1.54) is 6.21 Å². The minimum absolute atomic E-state index is 0.00985. The summed E-state index contributed by atoms with van der Waals surface area (Å²) < 4.78 is 0.958. The number of H-pyrrole nitrogens is 1. The molecule has 2 N–H and O–H groups in total. The van der Waals surface area contributed by atoms with Crippen molar-refractivity contribution in [3.05, 3.63) is 85.5 Å². The van der Waals surface area contributed by atoms with E-state index in [4.69, 9.17) is 11.6 Å². The van der Waals surface area contributed by atoms with Crippen LogP contribution in [0.1, 0.15) is 35.2 Å². The number of aliphatic imine (C=N–C) groups is 1. The van der Waals surface area contributed by atoms with Gasteiger partial charge in [-0.15, -0.1) is 0 Å². The molecule has 0 atom stereocenters. The Morgan fingerprint density at radius 2 is 1.66 bits per heavy atom. The Hall–Kier alpha value is -3.65. The van der Waals surface area contributed by atoms with Crippen molar-refractivity contribution in [2.24, 2.45) is 4.99 Å². The fourth-order valence-corrected chi connectivity index (χ4v) is 3.72. The molecule has 1 aromatic heterocycles. The van der Waals surface area contributed by atoms with Crippen LogP contribution in [0.3, 0.4) is 0 Å². The van der Waals surface area contributed by atoms with Gasteiger partial charge in [-0.25, -0.2) is 9.36 Å². The molecule has 164 valence electrons. The van der Waals surface area contributed by atoms with Gasteiger partial charge >= 0.3 is 5.69 Å². The minimum atomic E-state index is -0.785. The largest absolute Gasteiger partial charge is 0.493 e. The molecule has 0 spiro atoms. The Balaban J connectivity index is 1.60. The summed E-state index contributed by atoms with van der Waals surface area (Å²) >= 11 is 5.87. The topological polar surface area (TPSA) is 108 Å². The van der Waals surface area contributed by atoms with E-state index in [9.17, 15) is 19.5 Å². The van der Waals surface area contributed by atoms with Crippen LogP contribution in [-0.2, 0) is 0 Å². The second-order valence-corrected chi connectivity index (χ2v) is 7.90. The molecule has 0 aliphatic carbocycles. The Morgan fingerprint density at radius 3 is 2.31 bits per heavy atom. The third kappa shape index (κ3) is 4.50. The molecule has 4 rings (SSSR count). The second-order valence-electron chi connectivity index (χ2n) is 7.47. The van der Waals surface area contributed by atoms with E-state index < -0.39 is 17.1 Å². The molecule has 2 heterocycles. The van der Waals surface area contributed by atoms with Gasteiger partial charge in [-0.05, 0) is 67.8 Å². The van der Waals surface area contributed by atoms with Gasteiger partial charge in [0.15, 0.2) is 0 Å². The first kappa shape index (κ1) is 21.6. The van der Waals surface area contributed by atoms with Gasteiger partial charge in [0.05, 0.1) is 11.4 Å². The van der Waals surface area contributed by atoms with Gasteiger partial charge in [-0.2, -0.15) is 0 Å². The summed E-state index contributed by atoms with van der Waals surface area (Å²) in [7, 11) is 0. The van der Waals surface area contributed by atoms with Crippen LogP contribution in [0.15, 0.2) is 63.1 Å². The van der Waals surface area contributed by atoms with Crippen LogP contribution in [0.4, 0.5) is 5.69 Å². The maximum absolute atomic E-state index is 12.6. The normalized spacial score (nSPS) is 14.1. The highest BCUT2D eigenvalue weighted by atomic mass is 35.5. The fourth-order valence-electron chi connectivity index (χ4n) is 3.59. The summed E-state index contributed by atoms with van der Waals surface area (Å²) in [5, 5.41) is 11.0. The van der Waals surface area contributed by atoms with Gasteiger partial charge in [0, 0.05) is 29.9 Å². The molecule has 1 saturated heterocycles. The molecule has 1 aliphatic heterocycles. The Bertz CT molecular complexity index is 1270. The van der Waals surface area contributed by atoms with Crippen molar-refractivity contribution in [1.29, 1.82) is 0 Å². The lowest BCUT2D eigenvalue weighted by molar-refractivity contribution is 0.0724. The van der Waals surface area contributed by atoms with E-state index in [0.717, 1.165) is 36.9 Å². The van der Waals surface area contributed by atoms with Gasteiger partial charge < -0.3 is 10.0 Å². The molecule has 0 bridgehead atoms. The molecule has 0 radical (unpaired) electrons. The zero-order valence-corrected chi connectivity index (χ0v) is 17.9. The van der Waals surface area contributed by atoms with Gasteiger partial charge in [0.2, 0.25) is 5.88 Å².